The van der Waals surface area contributed by atoms with E-state index in [4.69, 9.17) is 0 Å². The number of benzene rings is 3. The third kappa shape index (κ3) is 4.22. The number of sulfonamides is 1. The fourth-order valence-electron chi connectivity index (χ4n) is 3.20. The second-order valence-electron chi connectivity index (χ2n) is 7.10. The van der Waals surface area contributed by atoms with Crippen LogP contribution in [0.2, 0.25) is 0 Å². The summed E-state index contributed by atoms with van der Waals surface area (Å²) in [7, 11) is -3.68. The number of anilines is 1. The van der Waals surface area contributed by atoms with Crippen molar-refractivity contribution in [3.63, 3.8) is 0 Å². The first-order valence-electron chi connectivity index (χ1n) is 8.99. The molecule has 3 aromatic rings. The van der Waals surface area contributed by atoms with Crippen molar-refractivity contribution < 1.29 is 8.42 Å². The third-order valence-corrected chi connectivity index (χ3v) is 6.41. The highest BCUT2D eigenvalue weighted by atomic mass is 32.2. The van der Waals surface area contributed by atoms with Crippen molar-refractivity contribution in [2.24, 2.45) is 0 Å². The van der Waals surface area contributed by atoms with Gasteiger partial charge < -0.3 is 0 Å². The molecule has 0 atom stereocenters. The zero-order chi connectivity index (χ0) is 19.6. The Labute approximate surface area is 162 Å². The van der Waals surface area contributed by atoms with E-state index in [-0.39, 0.29) is 0 Å². The SMILES string of the molecule is Cc1ccc(S(=O)(=O)N(Cc2cccc(C)c2)c2ccc(C)cc2C)cc1. The molecule has 140 valence electrons. The molecule has 0 aliphatic heterocycles. The molecule has 0 spiro atoms. The van der Waals surface area contributed by atoms with Gasteiger partial charge in [0.2, 0.25) is 0 Å². The summed E-state index contributed by atoms with van der Waals surface area (Å²) in [6, 6.07) is 20.9. The maximum Gasteiger partial charge on any atom is 0.264 e. The summed E-state index contributed by atoms with van der Waals surface area (Å²) < 4.78 is 28.5. The zero-order valence-corrected chi connectivity index (χ0v) is 17.0. The molecule has 3 rings (SSSR count). The van der Waals surface area contributed by atoms with Gasteiger partial charge in [0.15, 0.2) is 0 Å². The van der Waals surface area contributed by atoms with Crippen LogP contribution in [0.25, 0.3) is 0 Å². The highest BCUT2D eigenvalue weighted by Crippen LogP contribution is 2.29. The number of rotatable bonds is 5. The van der Waals surface area contributed by atoms with Gasteiger partial charge in [0, 0.05) is 0 Å². The molecule has 0 aliphatic carbocycles. The van der Waals surface area contributed by atoms with Crippen LogP contribution in [-0.4, -0.2) is 8.42 Å². The molecule has 0 saturated heterocycles. The largest absolute Gasteiger partial charge is 0.264 e. The van der Waals surface area contributed by atoms with Crippen molar-refractivity contribution in [2.75, 3.05) is 4.31 Å². The molecular formula is C23H25NO2S. The van der Waals surface area contributed by atoms with Crippen LogP contribution in [0.4, 0.5) is 5.69 Å². The molecule has 27 heavy (non-hydrogen) atoms. The van der Waals surface area contributed by atoms with Crippen molar-refractivity contribution in [1.29, 1.82) is 0 Å². The van der Waals surface area contributed by atoms with E-state index >= 15 is 0 Å². The lowest BCUT2D eigenvalue weighted by Gasteiger charge is -2.26. The number of aryl methyl sites for hydroxylation is 4. The lowest BCUT2D eigenvalue weighted by molar-refractivity contribution is 0.590. The summed E-state index contributed by atoms with van der Waals surface area (Å²) in [5.74, 6) is 0. The Bertz CT molecular complexity index is 1050. The predicted molar refractivity (Wildman–Crippen MR) is 112 cm³/mol. The maximum absolute atomic E-state index is 13.5. The molecule has 0 heterocycles. The monoisotopic (exact) mass is 379 g/mol. The molecule has 3 nitrogen and oxygen atoms in total. The van der Waals surface area contributed by atoms with E-state index in [1.807, 2.05) is 82.3 Å². The van der Waals surface area contributed by atoms with Gasteiger partial charge in [-0.3, -0.25) is 4.31 Å². The molecule has 3 aromatic carbocycles. The molecule has 0 radical (unpaired) electrons. The Morgan fingerprint density at radius 2 is 1.37 bits per heavy atom. The molecule has 0 fully saturated rings. The lowest BCUT2D eigenvalue weighted by atomic mass is 10.1. The first kappa shape index (κ1) is 19.2. The minimum absolute atomic E-state index is 0.293. The topological polar surface area (TPSA) is 37.4 Å². The fourth-order valence-corrected chi connectivity index (χ4v) is 4.72. The van der Waals surface area contributed by atoms with E-state index in [0.717, 1.165) is 27.8 Å². The quantitative estimate of drug-likeness (QED) is 0.602. The predicted octanol–water partition coefficient (Wildman–Crippen LogP) is 5.32. The number of hydrogen-bond donors (Lipinski definition) is 0. The summed E-state index contributed by atoms with van der Waals surface area (Å²) in [4.78, 5) is 0.306. The molecule has 0 bridgehead atoms. The summed E-state index contributed by atoms with van der Waals surface area (Å²) in [6.07, 6.45) is 0. The first-order valence-corrected chi connectivity index (χ1v) is 10.4. The van der Waals surface area contributed by atoms with Crippen molar-refractivity contribution in [3.8, 4) is 0 Å². The summed E-state index contributed by atoms with van der Waals surface area (Å²) >= 11 is 0. The smallest absolute Gasteiger partial charge is 0.262 e. The Morgan fingerprint density at radius 3 is 2.00 bits per heavy atom. The van der Waals surface area contributed by atoms with Crippen LogP contribution in [0, 0.1) is 27.7 Å². The van der Waals surface area contributed by atoms with Crippen molar-refractivity contribution in [1.82, 2.24) is 0 Å². The number of nitrogens with zero attached hydrogens (tertiary/aromatic N) is 1. The summed E-state index contributed by atoms with van der Waals surface area (Å²) in [5, 5.41) is 0. The van der Waals surface area contributed by atoms with E-state index in [2.05, 4.69) is 0 Å². The Balaban J connectivity index is 2.12. The van der Waals surface area contributed by atoms with Gasteiger partial charge in [-0.1, -0.05) is 65.2 Å². The highest BCUT2D eigenvalue weighted by molar-refractivity contribution is 7.92. The van der Waals surface area contributed by atoms with Gasteiger partial charge in [0.05, 0.1) is 17.1 Å². The highest BCUT2D eigenvalue weighted by Gasteiger charge is 2.26. The van der Waals surface area contributed by atoms with Gasteiger partial charge in [0.1, 0.15) is 0 Å². The first-order chi connectivity index (χ1) is 12.8. The Kier molecular flexibility index (Phi) is 5.38. The fraction of sp³-hybridized carbons (Fsp3) is 0.217. The molecule has 0 aliphatic rings. The van der Waals surface area contributed by atoms with Crippen LogP contribution >= 0.6 is 0 Å². The zero-order valence-electron chi connectivity index (χ0n) is 16.2. The summed E-state index contributed by atoms with van der Waals surface area (Å²) in [6.45, 7) is 8.22. The van der Waals surface area contributed by atoms with Crippen LogP contribution in [0.15, 0.2) is 71.6 Å². The van der Waals surface area contributed by atoms with Crippen LogP contribution in [0.1, 0.15) is 27.8 Å². The van der Waals surface area contributed by atoms with Gasteiger partial charge in [0.25, 0.3) is 10.0 Å². The van der Waals surface area contributed by atoms with E-state index in [1.165, 1.54) is 4.31 Å². The van der Waals surface area contributed by atoms with Gasteiger partial charge in [-0.15, -0.1) is 0 Å². The molecule has 4 heteroatoms. The van der Waals surface area contributed by atoms with Crippen LogP contribution in [0.3, 0.4) is 0 Å². The standard InChI is InChI=1S/C23H25NO2S/c1-17-8-11-22(12-9-17)27(25,26)24(16-21-7-5-6-18(2)15-21)23-13-10-19(3)14-20(23)4/h5-15H,16H2,1-4H3. The molecular weight excluding hydrogens is 354 g/mol. The lowest BCUT2D eigenvalue weighted by Crippen LogP contribution is -2.31. The van der Waals surface area contributed by atoms with Gasteiger partial charge >= 0.3 is 0 Å². The van der Waals surface area contributed by atoms with Crippen molar-refractivity contribution >= 4 is 15.7 Å². The van der Waals surface area contributed by atoms with Crippen LogP contribution in [0.5, 0.6) is 0 Å². The molecule has 0 saturated carbocycles. The van der Waals surface area contributed by atoms with Crippen molar-refractivity contribution in [3.05, 3.63) is 94.5 Å². The maximum atomic E-state index is 13.5. The second-order valence-corrected chi connectivity index (χ2v) is 8.97. The third-order valence-electron chi connectivity index (χ3n) is 4.64. The molecule has 0 amide bonds. The summed E-state index contributed by atoms with van der Waals surface area (Å²) in [5.41, 5.74) is 5.87. The second kappa shape index (κ2) is 7.57. The van der Waals surface area contributed by atoms with E-state index in [0.29, 0.717) is 17.1 Å². The van der Waals surface area contributed by atoms with Gasteiger partial charge in [-0.05, 0) is 57.0 Å². The van der Waals surface area contributed by atoms with Crippen LogP contribution in [-0.2, 0) is 16.6 Å². The average Bonchev–Trinajstić information content (AvgIpc) is 2.61. The minimum Gasteiger partial charge on any atom is -0.262 e. The normalized spacial score (nSPS) is 11.4. The Morgan fingerprint density at radius 1 is 0.741 bits per heavy atom. The average molecular weight is 380 g/mol. The van der Waals surface area contributed by atoms with E-state index in [1.54, 1.807) is 12.1 Å². The van der Waals surface area contributed by atoms with Gasteiger partial charge in [-0.25, -0.2) is 8.42 Å². The molecule has 0 N–H and O–H groups in total. The van der Waals surface area contributed by atoms with E-state index < -0.39 is 10.0 Å². The van der Waals surface area contributed by atoms with E-state index in [9.17, 15) is 8.42 Å². The van der Waals surface area contributed by atoms with Crippen LogP contribution < -0.4 is 4.31 Å². The van der Waals surface area contributed by atoms with Crippen molar-refractivity contribution in [2.45, 2.75) is 39.1 Å². The van der Waals surface area contributed by atoms with Gasteiger partial charge in [-0.2, -0.15) is 0 Å². The minimum atomic E-state index is -3.68. The molecule has 0 aromatic heterocycles. The molecule has 0 unspecified atom stereocenters. The number of hydrogen-bond acceptors (Lipinski definition) is 2. The Hall–Kier alpha value is -2.59.